The van der Waals surface area contributed by atoms with E-state index in [1.54, 1.807) is 64.1 Å². The highest BCUT2D eigenvalue weighted by Crippen LogP contribution is 2.50. The fourth-order valence-electron chi connectivity index (χ4n) is 11.1. The molecule has 2 saturated heterocycles. The fourth-order valence-corrected chi connectivity index (χ4v) is 11.5. The van der Waals surface area contributed by atoms with Gasteiger partial charge in [-0.25, -0.2) is 9.59 Å². The second-order valence-electron chi connectivity index (χ2n) is 24.0. The summed E-state index contributed by atoms with van der Waals surface area (Å²) in [5, 5.41) is 23.0. The molecule has 0 radical (unpaired) electrons. The summed E-state index contributed by atoms with van der Waals surface area (Å²) in [5.41, 5.74) is 4.15. The van der Waals surface area contributed by atoms with Gasteiger partial charge in [-0.3, -0.25) is 33.6 Å². The largest absolute Gasteiger partial charge is 0.495 e. The number of epoxide rings is 1. The van der Waals surface area contributed by atoms with Crippen LogP contribution in [-0.2, 0) is 63.7 Å². The maximum Gasteiger partial charge on any atom is 0.328 e. The number of para-hydroxylation sites is 1. The van der Waals surface area contributed by atoms with Crippen molar-refractivity contribution in [1.82, 2.24) is 20.9 Å². The first-order chi connectivity index (χ1) is 41.5. The van der Waals surface area contributed by atoms with Crippen molar-refractivity contribution in [2.24, 2.45) is 23.5 Å². The summed E-state index contributed by atoms with van der Waals surface area (Å²) < 4.78 is 35.5. The van der Waals surface area contributed by atoms with E-state index < -0.39 is 120 Å². The predicted octanol–water partition coefficient (Wildman–Crippen LogP) is 7.02. The monoisotopic (exact) mass is 1250 g/mol. The molecule has 24 heteroatoms. The molecule has 0 saturated carbocycles. The number of unbranched alkanes of at least 4 members (excludes halogenated alkanes) is 1. The molecule has 3 aliphatic heterocycles. The lowest BCUT2D eigenvalue weighted by Crippen LogP contribution is -2.54. The second-order valence-corrected chi connectivity index (χ2v) is 24.3. The minimum Gasteiger partial charge on any atom is -0.495 e. The van der Waals surface area contributed by atoms with Gasteiger partial charge >= 0.3 is 23.9 Å². The molecule has 4 bridgehead atoms. The van der Waals surface area contributed by atoms with Gasteiger partial charge < -0.3 is 70.3 Å². The van der Waals surface area contributed by atoms with Crippen LogP contribution in [0.25, 0.3) is 0 Å². The molecule has 486 valence electrons. The summed E-state index contributed by atoms with van der Waals surface area (Å²) >= 11 is 6.88. The Morgan fingerprint density at radius 3 is 2.30 bits per heavy atom. The van der Waals surface area contributed by atoms with Crippen molar-refractivity contribution >= 4 is 76.5 Å². The van der Waals surface area contributed by atoms with Crippen LogP contribution in [0, 0.1) is 17.8 Å². The van der Waals surface area contributed by atoms with Crippen LogP contribution in [0.4, 0.5) is 16.2 Å². The van der Waals surface area contributed by atoms with Gasteiger partial charge in [0.05, 0.1) is 55.0 Å². The smallest absolute Gasteiger partial charge is 0.328 e. The first-order valence-electron chi connectivity index (χ1n) is 30.3. The van der Waals surface area contributed by atoms with Crippen molar-refractivity contribution in [2.45, 2.75) is 199 Å². The number of rotatable bonds is 25. The number of anilines is 2. The molecule has 11 atom stereocenters. The highest BCUT2D eigenvalue weighted by atomic mass is 35.5. The van der Waals surface area contributed by atoms with E-state index in [9.17, 15) is 48.3 Å². The maximum absolute atomic E-state index is 14.6. The summed E-state index contributed by atoms with van der Waals surface area (Å²) in [6.45, 7) is 16.0. The van der Waals surface area contributed by atoms with Gasteiger partial charge in [0, 0.05) is 46.5 Å². The SMILES string of the molecule is CCC(CC)C(=O)OC(C)CCCCC(=O)N[C@H](C(=O)N[C@@H](CCCNC(N)=O)C(=O)Nc1ccccc1C(=O)N(C)[C@@H](C)C(=O)O[C@H]1CC(=O)N(C)c2cc(cc(OC)c2Cl)C/C(C)=C/C=C/[C@@H](OC)[C@]2(O)CC(=O)O[C@@H](C2)[C@@H](C)[C@@H]2O[C@@]12C)C(C)C. The number of urea groups is 1. The number of ether oxygens (including phenoxy) is 6. The Balaban J connectivity index is 1.36. The van der Waals surface area contributed by atoms with E-state index in [2.05, 4.69) is 21.3 Å². The van der Waals surface area contributed by atoms with Gasteiger partial charge in [-0.1, -0.05) is 82.2 Å². The number of hydrogen-bond donors (Lipinski definition) is 6. The second kappa shape index (κ2) is 32.4. The molecule has 5 rings (SSSR count). The number of hydrogen-bond acceptors (Lipinski definition) is 16. The summed E-state index contributed by atoms with van der Waals surface area (Å²) in [4.78, 5) is 125. The van der Waals surface area contributed by atoms with Gasteiger partial charge in [0.25, 0.3) is 5.91 Å². The zero-order chi connectivity index (χ0) is 65.4. The Morgan fingerprint density at radius 2 is 1.65 bits per heavy atom. The van der Waals surface area contributed by atoms with Crippen LogP contribution in [0.5, 0.6) is 5.75 Å². The van der Waals surface area contributed by atoms with Gasteiger partial charge in [0.1, 0.15) is 58.4 Å². The normalized spacial score (nSPS) is 24.4. The van der Waals surface area contributed by atoms with Crippen molar-refractivity contribution in [1.29, 1.82) is 0 Å². The quantitative estimate of drug-likeness (QED) is 0.0252. The molecule has 0 aromatic heterocycles. The number of allylic oxidation sites excluding steroid dienone is 3. The molecule has 23 nitrogen and oxygen atoms in total. The van der Waals surface area contributed by atoms with E-state index >= 15 is 0 Å². The van der Waals surface area contributed by atoms with E-state index in [-0.39, 0.29) is 72.9 Å². The Labute approximate surface area is 521 Å². The molecular formula is C64H92ClN7O16. The number of aliphatic hydroxyl groups is 1. The lowest BCUT2D eigenvalue weighted by molar-refractivity contribution is -0.187. The number of esters is 3. The maximum atomic E-state index is 14.6. The third-order valence-corrected chi connectivity index (χ3v) is 17.3. The number of nitrogens with one attached hydrogen (secondary N) is 4. The Morgan fingerprint density at radius 1 is 0.955 bits per heavy atom. The summed E-state index contributed by atoms with van der Waals surface area (Å²) in [6, 6.07) is 5.10. The Bertz CT molecular complexity index is 2900. The number of methoxy groups -OCH3 is 2. The van der Waals surface area contributed by atoms with Gasteiger partial charge in [-0.05, 0) is 115 Å². The summed E-state index contributed by atoms with van der Waals surface area (Å²) in [5.74, 6) is -5.77. The minimum absolute atomic E-state index is 0.0118. The van der Waals surface area contributed by atoms with Gasteiger partial charge in [-0.15, -0.1) is 0 Å². The third-order valence-electron chi connectivity index (χ3n) is 16.9. The number of primary amides is 1. The molecule has 0 aliphatic carbocycles. The summed E-state index contributed by atoms with van der Waals surface area (Å²) in [7, 11) is 5.78. The number of fused-ring (bicyclic) bond motifs is 5. The number of likely N-dealkylation sites (N-methyl/N-ethyl adjacent to an activating group) is 1. The lowest BCUT2D eigenvalue weighted by Gasteiger charge is -2.41. The van der Waals surface area contributed by atoms with Crippen LogP contribution in [0.2, 0.25) is 5.02 Å². The molecular weight excluding hydrogens is 1160 g/mol. The van der Waals surface area contributed by atoms with Crippen LogP contribution in [-0.4, -0.2) is 158 Å². The Kier molecular flexibility index (Phi) is 26.4. The topological polar surface area (TPSA) is 313 Å². The highest BCUT2D eigenvalue weighted by molar-refractivity contribution is 6.35. The van der Waals surface area contributed by atoms with E-state index in [1.165, 1.54) is 52.3 Å². The van der Waals surface area contributed by atoms with Gasteiger partial charge in [0.15, 0.2) is 0 Å². The molecule has 2 fully saturated rings. The van der Waals surface area contributed by atoms with E-state index in [0.29, 0.717) is 50.0 Å². The number of benzene rings is 2. The molecule has 7 N–H and O–H groups in total. The number of carbonyl (C=O) groups is 9. The number of carbonyl (C=O) groups excluding carboxylic acids is 9. The number of amides is 7. The van der Waals surface area contributed by atoms with Crippen LogP contribution in [0.1, 0.15) is 149 Å². The number of nitrogens with two attached hydrogens (primary N) is 1. The van der Waals surface area contributed by atoms with Crippen molar-refractivity contribution in [3.8, 4) is 5.75 Å². The lowest BCUT2D eigenvalue weighted by atomic mass is 9.78. The average molecular weight is 1250 g/mol. The first-order valence-corrected chi connectivity index (χ1v) is 30.7. The van der Waals surface area contributed by atoms with Gasteiger partial charge in [0.2, 0.25) is 23.6 Å². The zero-order valence-corrected chi connectivity index (χ0v) is 53.9. The predicted molar refractivity (Wildman–Crippen MR) is 330 cm³/mol. The van der Waals surface area contributed by atoms with Crippen LogP contribution < -0.4 is 36.6 Å². The van der Waals surface area contributed by atoms with Crippen LogP contribution in [0.3, 0.4) is 0 Å². The molecule has 7 amide bonds. The molecule has 3 aliphatic rings. The summed E-state index contributed by atoms with van der Waals surface area (Å²) in [6.07, 6.45) is 3.84. The van der Waals surface area contributed by atoms with E-state index in [0.717, 1.165) is 16.0 Å². The van der Waals surface area contributed by atoms with Gasteiger partial charge in [-0.2, -0.15) is 0 Å². The molecule has 2 aromatic rings. The van der Waals surface area contributed by atoms with Crippen molar-refractivity contribution in [3.63, 3.8) is 0 Å². The van der Waals surface area contributed by atoms with Crippen molar-refractivity contribution in [3.05, 3.63) is 76.3 Å². The number of nitrogens with zero attached hydrogens (tertiary/aromatic N) is 2. The molecule has 2 aromatic carbocycles. The first kappa shape index (κ1) is 71.7. The van der Waals surface area contributed by atoms with Crippen molar-refractivity contribution in [2.75, 3.05) is 45.1 Å². The zero-order valence-electron chi connectivity index (χ0n) is 53.2. The standard InChI is InChI=1S/C64H92ClN7O16/c1-14-42(15-2)61(80)85-38(6)23-16-19-28-51(73)70-55(36(3)4)58(77)69-45(26-21-29-67-62(66)81)57(76)68-44-25-18-17-24-43(44)59(78)71(10)40(8)60(79)87-50-33-52(74)72(11)46-31-41(32-47(83-12)54(46)65)30-37(5)22-20-27-49(84-13)64(82)34-48(86-53(75)35-64)39(7)56-63(50,9)88-56/h17-18,20,22,24-25,27,31-32,36,38-40,42,45,48-50,55-56,82H,14-16,19,21,23,26,28-30,33-35H2,1-13H3,(H,68,76)(H,69,77)(H,70,73)(H3,66,67,81)/b27-20+,37-22+/t38?,39-,40+,45+,48+,49-,50+,55+,56+,63+,64-/m1/s1. The van der Waals surface area contributed by atoms with Crippen LogP contribution >= 0.6 is 11.6 Å². The van der Waals surface area contributed by atoms with Crippen LogP contribution in [0.15, 0.2) is 60.2 Å². The van der Waals surface area contributed by atoms with E-state index in [1.807, 2.05) is 33.8 Å². The molecule has 1 unspecified atom stereocenters. The molecule has 88 heavy (non-hydrogen) atoms. The number of halogens is 1. The third kappa shape index (κ3) is 19.0. The highest BCUT2D eigenvalue weighted by Gasteiger charge is 2.64. The molecule has 3 heterocycles. The minimum atomic E-state index is -1.68. The molecule has 0 spiro atoms. The van der Waals surface area contributed by atoms with E-state index in [4.69, 9.17) is 45.8 Å². The average Bonchev–Trinajstić information content (AvgIpc) is 1.78. The Hall–Kier alpha value is -7.08. The fraction of sp³-hybridized carbons (Fsp3) is 0.609. The van der Waals surface area contributed by atoms with Crippen molar-refractivity contribution < 1.29 is 76.7 Å².